The minimum Gasteiger partial charge on any atom is -0.336 e. The average molecular weight is 381 g/mol. The maximum absolute atomic E-state index is 13.0. The lowest BCUT2D eigenvalue weighted by Gasteiger charge is -2.35. The number of hydrogen-bond donors (Lipinski definition) is 0. The maximum atomic E-state index is 13.0. The molecule has 0 N–H and O–H groups in total. The molecular formula is C21H21ClN4O. The number of aromatic nitrogens is 2. The second-order valence-electron chi connectivity index (χ2n) is 6.89. The number of hydrogen-bond acceptors (Lipinski definition) is 4. The molecule has 1 aliphatic rings. The van der Waals surface area contributed by atoms with Crippen LogP contribution < -0.4 is 0 Å². The highest BCUT2D eigenvalue weighted by molar-refractivity contribution is 6.31. The van der Waals surface area contributed by atoms with Crippen molar-refractivity contribution in [3.05, 3.63) is 70.6 Å². The van der Waals surface area contributed by atoms with E-state index in [1.54, 1.807) is 6.20 Å². The van der Waals surface area contributed by atoms with Gasteiger partial charge in [0.05, 0.1) is 16.8 Å². The molecule has 1 amide bonds. The van der Waals surface area contributed by atoms with Gasteiger partial charge in [-0.1, -0.05) is 17.7 Å². The molecule has 3 heterocycles. The van der Waals surface area contributed by atoms with Crippen LogP contribution in [0.1, 0.15) is 21.6 Å². The lowest BCUT2D eigenvalue weighted by molar-refractivity contribution is 0.0627. The number of fused-ring (bicyclic) bond motifs is 1. The number of carbonyl (C=O) groups is 1. The normalized spacial score (nSPS) is 15.3. The molecule has 4 rings (SSSR count). The molecule has 1 saturated heterocycles. The number of piperazine rings is 1. The van der Waals surface area contributed by atoms with Gasteiger partial charge in [-0.2, -0.15) is 0 Å². The van der Waals surface area contributed by atoms with Crippen LogP contribution in [-0.2, 0) is 6.54 Å². The summed E-state index contributed by atoms with van der Waals surface area (Å²) in [6.07, 6.45) is 3.68. The Kier molecular flexibility index (Phi) is 5.05. The van der Waals surface area contributed by atoms with Crippen molar-refractivity contribution in [1.29, 1.82) is 0 Å². The Morgan fingerprint density at radius 1 is 1.15 bits per heavy atom. The molecular weight excluding hydrogens is 360 g/mol. The predicted octanol–water partition coefficient (Wildman–Crippen LogP) is 3.55. The first kappa shape index (κ1) is 17.9. The Labute approximate surface area is 163 Å². The molecule has 0 bridgehead atoms. The van der Waals surface area contributed by atoms with Gasteiger partial charge in [0.25, 0.3) is 5.91 Å². The van der Waals surface area contributed by atoms with Gasteiger partial charge >= 0.3 is 0 Å². The van der Waals surface area contributed by atoms with Gasteiger partial charge in [0.2, 0.25) is 0 Å². The first-order valence-corrected chi connectivity index (χ1v) is 9.45. The monoisotopic (exact) mass is 380 g/mol. The lowest BCUT2D eigenvalue weighted by Crippen LogP contribution is -2.48. The second kappa shape index (κ2) is 7.62. The van der Waals surface area contributed by atoms with Crippen LogP contribution in [0.15, 0.2) is 48.8 Å². The molecule has 0 atom stereocenters. The minimum absolute atomic E-state index is 0.0444. The molecule has 138 valence electrons. The van der Waals surface area contributed by atoms with Crippen LogP contribution in [0.2, 0.25) is 5.02 Å². The summed E-state index contributed by atoms with van der Waals surface area (Å²) in [5.41, 5.74) is 3.47. The largest absolute Gasteiger partial charge is 0.336 e. The summed E-state index contributed by atoms with van der Waals surface area (Å²) in [7, 11) is 0. The van der Waals surface area contributed by atoms with E-state index in [2.05, 4.69) is 20.9 Å². The molecule has 0 aliphatic carbocycles. The molecule has 3 aromatic rings. The highest BCUT2D eigenvalue weighted by Crippen LogP contribution is 2.22. The quantitative estimate of drug-likeness (QED) is 0.697. The maximum Gasteiger partial charge on any atom is 0.255 e. The number of halogens is 1. The van der Waals surface area contributed by atoms with Crippen molar-refractivity contribution in [2.24, 2.45) is 0 Å². The van der Waals surface area contributed by atoms with Gasteiger partial charge in [0.15, 0.2) is 0 Å². The van der Waals surface area contributed by atoms with Crippen molar-refractivity contribution in [2.75, 3.05) is 26.2 Å². The molecule has 27 heavy (non-hydrogen) atoms. The van der Waals surface area contributed by atoms with E-state index in [0.29, 0.717) is 23.7 Å². The van der Waals surface area contributed by atoms with Gasteiger partial charge in [-0.05, 0) is 42.8 Å². The Hall–Kier alpha value is -2.50. The fourth-order valence-corrected chi connectivity index (χ4v) is 3.67. The van der Waals surface area contributed by atoms with E-state index in [1.807, 2.05) is 48.4 Å². The van der Waals surface area contributed by atoms with E-state index in [1.165, 1.54) is 5.56 Å². The summed E-state index contributed by atoms with van der Waals surface area (Å²) in [5, 5.41) is 1.54. The molecule has 6 heteroatoms. The number of carbonyl (C=O) groups excluding carboxylic acids is 1. The number of amides is 1. The van der Waals surface area contributed by atoms with Crippen LogP contribution >= 0.6 is 11.6 Å². The molecule has 1 fully saturated rings. The van der Waals surface area contributed by atoms with Crippen LogP contribution in [0, 0.1) is 6.92 Å². The van der Waals surface area contributed by atoms with Gasteiger partial charge in [-0.25, -0.2) is 0 Å². The fraction of sp³-hybridized carbons (Fsp3) is 0.286. The van der Waals surface area contributed by atoms with Crippen LogP contribution in [0.5, 0.6) is 0 Å². The minimum atomic E-state index is 0.0444. The van der Waals surface area contributed by atoms with E-state index in [0.717, 1.165) is 36.2 Å². The summed E-state index contributed by atoms with van der Waals surface area (Å²) in [5.74, 6) is 0.0444. The molecule has 1 aliphatic heterocycles. The Balaban J connectivity index is 1.46. The van der Waals surface area contributed by atoms with Gasteiger partial charge in [-0.15, -0.1) is 0 Å². The third-order valence-corrected chi connectivity index (χ3v) is 5.22. The first-order chi connectivity index (χ1) is 13.1. The van der Waals surface area contributed by atoms with Crippen molar-refractivity contribution >= 4 is 28.4 Å². The second-order valence-corrected chi connectivity index (χ2v) is 7.32. The van der Waals surface area contributed by atoms with Crippen molar-refractivity contribution in [2.45, 2.75) is 13.5 Å². The van der Waals surface area contributed by atoms with E-state index in [9.17, 15) is 4.79 Å². The highest BCUT2D eigenvalue weighted by Gasteiger charge is 2.24. The Bertz CT molecular complexity index is 969. The van der Waals surface area contributed by atoms with E-state index in [4.69, 9.17) is 11.6 Å². The van der Waals surface area contributed by atoms with E-state index in [-0.39, 0.29) is 5.91 Å². The smallest absolute Gasteiger partial charge is 0.255 e. The zero-order chi connectivity index (χ0) is 18.8. The molecule has 0 radical (unpaired) electrons. The summed E-state index contributed by atoms with van der Waals surface area (Å²) >= 11 is 6.09. The molecule has 0 spiro atoms. The van der Waals surface area contributed by atoms with E-state index >= 15 is 0 Å². The number of nitrogens with zero attached hydrogens (tertiary/aromatic N) is 4. The number of pyridine rings is 2. The zero-order valence-corrected chi connectivity index (χ0v) is 16.0. The average Bonchev–Trinajstić information content (AvgIpc) is 2.69. The van der Waals surface area contributed by atoms with Crippen LogP contribution in [-0.4, -0.2) is 51.9 Å². The third kappa shape index (κ3) is 3.94. The zero-order valence-electron chi connectivity index (χ0n) is 15.2. The number of aryl methyl sites for hydroxylation is 1. The SMILES string of the molecule is Cc1nc2ccc(Cl)cc2cc1C(=O)N1CCN(Cc2cccnc2)CC1. The van der Waals surface area contributed by atoms with Crippen LogP contribution in [0.4, 0.5) is 0 Å². The number of rotatable bonds is 3. The Morgan fingerprint density at radius 3 is 2.70 bits per heavy atom. The standard InChI is InChI=1S/C21H21ClN4O/c1-15-19(12-17-11-18(22)4-5-20(17)24-15)21(27)26-9-7-25(8-10-26)14-16-3-2-6-23-13-16/h2-6,11-13H,7-10,14H2,1H3. The van der Waals surface area contributed by atoms with Crippen molar-refractivity contribution in [1.82, 2.24) is 19.8 Å². The summed E-state index contributed by atoms with van der Waals surface area (Å²) < 4.78 is 0. The number of benzene rings is 1. The molecule has 2 aromatic heterocycles. The summed E-state index contributed by atoms with van der Waals surface area (Å²) in [6, 6.07) is 11.5. The lowest BCUT2D eigenvalue weighted by atomic mass is 10.1. The fourth-order valence-electron chi connectivity index (χ4n) is 3.49. The molecule has 1 aromatic carbocycles. The molecule has 0 unspecified atom stereocenters. The van der Waals surface area contributed by atoms with Gasteiger partial charge in [0.1, 0.15) is 0 Å². The summed E-state index contributed by atoms with van der Waals surface area (Å²) in [4.78, 5) is 26.1. The van der Waals surface area contributed by atoms with E-state index < -0.39 is 0 Å². The van der Waals surface area contributed by atoms with Crippen LogP contribution in [0.3, 0.4) is 0 Å². The first-order valence-electron chi connectivity index (χ1n) is 9.07. The summed E-state index contributed by atoms with van der Waals surface area (Å²) in [6.45, 7) is 5.89. The van der Waals surface area contributed by atoms with Crippen LogP contribution in [0.25, 0.3) is 10.9 Å². The molecule has 0 saturated carbocycles. The van der Waals surface area contributed by atoms with Gasteiger partial charge in [0, 0.05) is 55.5 Å². The van der Waals surface area contributed by atoms with Gasteiger partial charge < -0.3 is 4.90 Å². The predicted molar refractivity (Wildman–Crippen MR) is 107 cm³/mol. The van der Waals surface area contributed by atoms with Crippen molar-refractivity contribution < 1.29 is 4.79 Å². The van der Waals surface area contributed by atoms with Gasteiger partial charge in [-0.3, -0.25) is 19.7 Å². The third-order valence-electron chi connectivity index (χ3n) is 4.99. The molecule has 5 nitrogen and oxygen atoms in total. The van der Waals surface area contributed by atoms with Crippen molar-refractivity contribution in [3.8, 4) is 0 Å². The van der Waals surface area contributed by atoms with Crippen molar-refractivity contribution in [3.63, 3.8) is 0 Å². The highest BCUT2D eigenvalue weighted by atomic mass is 35.5. The Morgan fingerprint density at radius 2 is 1.96 bits per heavy atom. The topological polar surface area (TPSA) is 49.3 Å².